The number of piperidine rings is 1. The lowest BCUT2D eigenvalue weighted by atomic mass is 9.69. The van der Waals surface area contributed by atoms with Crippen molar-refractivity contribution in [2.45, 2.75) is 75.6 Å². The minimum absolute atomic E-state index is 0.0867. The molecule has 1 aromatic heterocycles. The van der Waals surface area contributed by atoms with Crippen molar-refractivity contribution >= 4 is 21.6 Å². The van der Waals surface area contributed by atoms with Gasteiger partial charge < -0.3 is 14.2 Å². The molecule has 7 nitrogen and oxygen atoms in total. The summed E-state index contributed by atoms with van der Waals surface area (Å²) in [5.74, 6) is 0.284. The summed E-state index contributed by atoms with van der Waals surface area (Å²) in [7, 11) is -3.49. The summed E-state index contributed by atoms with van der Waals surface area (Å²) in [6, 6.07) is 20.4. The Hall–Kier alpha value is -2.94. The molecule has 1 saturated heterocycles. The van der Waals surface area contributed by atoms with Crippen molar-refractivity contribution < 1.29 is 17.6 Å². The molecule has 2 heterocycles. The Morgan fingerprint density at radius 3 is 2.32 bits per heavy atom. The molecule has 1 N–H and O–H groups in total. The molecule has 0 bridgehead atoms. The van der Waals surface area contributed by atoms with Crippen molar-refractivity contribution in [3.8, 4) is 0 Å². The van der Waals surface area contributed by atoms with Crippen LogP contribution < -0.4 is 9.62 Å². The first kappa shape index (κ1) is 29.5. The molecule has 41 heavy (non-hydrogen) atoms. The highest BCUT2D eigenvalue weighted by atomic mass is 32.2. The number of amides is 1. The molecule has 0 spiro atoms. The third-order valence-electron chi connectivity index (χ3n) is 9.06. The predicted molar refractivity (Wildman–Crippen MR) is 163 cm³/mol. The Morgan fingerprint density at radius 1 is 0.951 bits per heavy atom. The fourth-order valence-corrected chi connectivity index (χ4v) is 7.63. The molecule has 220 valence electrons. The van der Waals surface area contributed by atoms with Crippen LogP contribution in [0.3, 0.4) is 0 Å². The van der Waals surface area contributed by atoms with Gasteiger partial charge in [0.05, 0.1) is 11.2 Å². The van der Waals surface area contributed by atoms with Gasteiger partial charge >= 0.3 is 0 Å². The van der Waals surface area contributed by atoms with Crippen LogP contribution in [0.4, 0.5) is 5.69 Å². The van der Waals surface area contributed by atoms with E-state index >= 15 is 0 Å². The number of anilines is 1. The van der Waals surface area contributed by atoms with E-state index in [1.54, 1.807) is 42.7 Å². The highest BCUT2D eigenvalue weighted by Crippen LogP contribution is 2.42. The Labute approximate surface area is 245 Å². The van der Waals surface area contributed by atoms with Gasteiger partial charge in [0.15, 0.2) is 5.76 Å². The van der Waals surface area contributed by atoms with Crippen molar-refractivity contribution in [3.05, 3.63) is 84.3 Å². The summed E-state index contributed by atoms with van der Waals surface area (Å²) in [5, 5.41) is 0. The van der Waals surface area contributed by atoms with Gasteiger partial charge in [-0.25, -0.2) is 13.1 Å². The van der Waals surface area contributed by atoms with E-state index in [0.29, 0.717) is 17.2 Å². The summed E-state index contributed by atoms with van der Waals surface area (Å²) < 4.78 is 33.9. The van der Waals surface area contributed by atoms with Gasteiger partial charge in [-0.1, -0.05) is 55.2 Å². The van der Waals surface area contributed by atoms with Gasteiger partial charge in [-0.3, -0.25) is 4.79 Å². The number of sulfonamides is 1. The van der Waals surface area contributed by atoms with Crippen LogP contribution in [0, 0.1) is 12.3 Å². The van der Waals surface area contributed by atoms with Crippen molar-refractivity contribution in [2.75, 3.05) is 31.1 Å². The van der Waals surface area contributed by atoms with Crippen molar-refractivity contribution in [2.24, 2.45) is 5.41 Å². The fraction of sp³-hybridized carbons (Fsp3) is 0.485. The lowest BCUT2D eigenvalue weighted by Crippen LogP contribution is -2.48. The molecular formula is C33H43N3O4S. The molecule has 2 aromatic carbocycles. The maximum Gasteiger partial charge on any atom is 0.294 e. The number of nitrogens with zero attached hydrogens (tertiary/aromatic N) is 2. The molecule has 0 unspecified atom stereocenters. The van der Waals surface area contributed by atoms with Crippen LogP contribution in [0.15, 0.2) is 82.3 Å². The molecule has 1 aliphatic heterocycles. The molecule has 8 heteroatoms. The first-order valence-corrected chi connectivity index (χ1v) is 16.5. The van der Waals surface area contributed by atoms with Crippen molar-refractivity contribution in [1.29, 1.82) is 0 Å². The van der Waals surface area contributed by atoms with Gasteiger partial charge in [0.1, 0.15) is 0 Å². The summed E-state index contributed by atoms with van der Waals surface area (Å²) >= 11 is 0. The van der Waals surface area contributed by atoms with E-state index in [4.69, 9.17) is 4.42 Å². The van der Waals surface area contributed by atoms with Gasteiger partial charge in [0, 0.05) is 31.4 Å². The van der Waals surface area contributed by atoms with Gasteiger partial charge in [-0.05, 0) is 93.8 Å². The minimum Gasteiger partial charge on any atom is -0.459 e. The van der Waals surface area contributed by atoms with E-state index in [9.17, 15) is 13.2 Å². The van der Waals surface area contributed by atoms with Crippen LogP contribution in [0.5, 0.6) is 0 Å². The molecule has 0 radical (unpaired) electrons. The SMILES string of the molecule is Cc1ccc(N(C(=O)c2ccco2)C2CCN(CCC3(CCNS(=O)(=O)c4ccccc4)CCCCC3)CC2)cc1. The van der Waals surface area contributed by atoms with E-state index in [1.165, 1.54) is 24.8 Å². The molecule has 1 aliphatic carbocycles. The predicted octanol–water partition coefficient (Wildman–Crippen LogP) is 6.41. The molecular weight excluding hydrogens is 534 g/mol. The third kappa shape index (κ3) is 7.48. The number of furan rings is 1. The number of nitrogens with one attached hydrogen (secondary N) is 1. The van der Waals surface area contributed by atoms with E-state index in [1.807, 2.05) is 23.1 Å². The van der Waals surface area contributed by atoms with Gasteiger partial charge in [0.25, 0.3) is 5.91 Å². The number of hydrogen-bond donors (Lipinski definition) is 1. The van der Waals surface area contributed by atoms with Crippen molar-refractivity contribution in [3.63, 3.8) is 0 Å². The van der Waals surface area contributed by atoms with Crippen LogP contribution in [0.25, 0.3) is 0 Å². The number of rotatable bonds is 11. The molecule has 2 aliphatic rings. The van der Waals surface area contributed by atoms with E-state index in [-0.39, 0.29) is 17.4 Å². The number of carbonyl (C=O) groups is 1. The fourth-order valence-electron chi connectivity index (χ4n) is 6.57. The Morgan fingerprint density at radius 2 is 1.66 bits per heavy atom. The molecule has 3 aromatic rings. The van der Waals surface area contributed by atoms with Crippen LogP contribution in [0.2, 0.25) is 0 Å². The molecule has 1 amide bonds. The zero-order valence-electron chi connectivity index (χ0n) is 24.1. The standard InChI is InChI=1S/C33H43N3O4S/c1-27-12-14-28(15-13-27)36(32(37)31-11-8-26-40-31)29-16-23-35(24-17-29)25-21-33(18-6-3-7-19-33)20-22-34-41(38,39)30-9-4-2-5-10-30/h2,4-5,8-15,26,29,34H,3,6-7,16-25H2,1H3. The maximum atomic E-state index is 13.5. The van der Waals surface area contributed by atoms with E-state index in [2.05, 4.69) is 28.7 Å². The maximum absolute atomic E-state index is 13.5. The second kappa shape index (κ2) is 13.4. The number of carbonyl (C=O) groups excluding carboxylic acids is 1. The zero-order chi connectivity index (χ0) is 28.7. The third-order valence-corrected chi connectivity index (χ3v) is 10.5. The second-order valence-electron chi connectivity index (χ2n) is 11.8. The van der Waals surface area contributed by atoms with E-state index in [0.717, 1.165) is 63.8 Å². The summed E-state index contributed by atoms with van der Waals surface area (Å²) in [4.78, 5) is 18.3. The van der Waals surface area contributed by atoms with Crippen molar-refractivity contribution in [1.82, 2.24) is 9.62 Å². The smallest absolute Gasteiger partial charge is 0.294 e. The molecule has 1 saturated carbocycles. The van der Waals surface area contributed by atoms with Gasteiger partial charge in [-0.15, -0.1) is 0 Å². The highest BCUT2D eigenvalue weighted by Gasteiger charge is 2.35. The number of likely N-dealkylation sites (tertiary alicyclic amines) is 1. The average molecular weight is 578 g/mol. The highest BCUT2D eigenvalue weighted by molar-refractivity contribution is 7.89. The second-order valence-corrected chi connectivity index (χ2v) is 13.6. The Kier molecular flexibility index (Phi) is 9.63. The van der Waals surface area contributed by atoms with Gasteiger partial charge in [0.2, 0.25) is 10.0 Å². The molecule has 5 rings (SSSR count). The Bertz CT molecular complexity index is 1340. The molecule has 0 atom stereocenters. The first-order chi connectivity index (χ1) is 19.9. The summed E-state index contributed by atoms with van der Waals surface area (Å²) in [6.07, 6.45) is 11.3. The Balaban J connectivity index is 1.18. The monoisotopic (exact) mass is 577 g/mol. The minimum atomic E-state index is -3.49. The summed E-state index contributed by atoms with van der Waals surface area (Å²) in [6.45, 7) is 5.41. The van der Waals surface area contributed by atoms with E-state index < -0.39 is 10.0 Å². The van der Waals surface area contributed by atoms with Crippen LogP contribution in [-0.2, 0) is 10.0 Å². The zero-order valence-corrected chi connectivity index (χ0v) is 25.0. The molecule has 2 fully saturated rings. The normalized spacial score (nSPS) is 18.3. The van der Waals surface area contributed by atoms with Crippen LogP contribution in [0.1, 0.15) is 73.9 Å². The number of benzene rings is 2. The number of hydrogen-bond acceptors (Lipinski definition) is 5. The van der Waals surface area contributed by atoms with Crippen LogP contribution >= 0.6 is 0 Å². The summed E-state index contributed by atoms with van der Waals surface area (Å²) in [5.41, 5.74) is 2.25. The van der Waals surface area contributed by atoms with Gasteiger partial charge in [-0.2, -0.15) is 0 Å². The largest absolute Gasteiger partial charge is 0.459 e. The first-order valence-electron chi connectivity index (χ1n) is 15.1. The lowest BCUT2D eigenvalue weighted by molar-refractivity contribution is 0.0919. The number of aryl methyl sites for hydroxylation is 1. The quantitative estimate of drug-likeness (QED) is 0.285. The average Bonchev–Trinajstić information content (AvgIpc) is 3.54. The lowest BCUT2D eigenvalue weighted by Gasteiger charge is -2.42. The van der Waals surface area contributed by atoms with Crippen LogP contribution in [-0.4, -0.2) is 51.4 Å². The topological polar surface area (TPSA) is 82.9 Å².